The largest absolute Gasteiger partial charge is 0.491 e. The molecule has 0 aromatic heterocycles. The molecule has 112 valence electrons. The third-order valence-electron chi connectivity index (χ3n) is 2.81. The number of benzene rings is 2. The van der Waals surface area contributed by atoms with Crippen LogP contribution in [-0.4, -0.2) is 6.61 Å². The van der Waals surface area contributed by atoms with E-state index in [1.807, 2.05) is 6.92 Å². The monoisotopic (exact) mass is 311 g/mol. The molecule has 0 aliphatic rings. The molecule has 0 saturated heterocycles. The van der Waals surface area contributed by atoms with E-state index in [-0.39, 0.29) is 6.54 Å². The van der Waals surface area contributed by atoms with Gasteiger partial charge in [-0.25, -0.2) is 8.78 Å². The number of rotatable bonds is 6. The quantitative estimate of drug-likeness (QED) is 0.809. The minimum atomic E-state index is -0.597. The highest BCUT2D eigenvalue weighted by atomic mass is 35.5. The molecule has 0 amide bonds. The second-order valence-corrected chi connectivity index (χ2v) is 5.06. The minimum Gasteiger partial charge on any atom is -0.491 e. The van der Waals surface area contributed by atoms with Crippen LogP contribution in [0.15, 0.2) is 36.4 Å². The molecule has 2 aromatic rings. The summed E-state index contributed by atoms with van der Waals surface area (Å²) in [5, 5.41) is 3.65. The molecule has 0 atom stereocenters. The summed E-state index contributed by atoms with van der Waals surface area (Å²) in [4.78, 5) is 0. The maximum atomic E-state index is 13.2. The predicted molar refractivity (Wildman–Crippen MR) is 80.9 cm³/mol. The topological polar surface area (TPSA) is 21.3 Å². The molecule has 0 fully saturated rings. The number of hydrogen-bond acceptors (Lipinski definition) is 2. The predicted octanol–water partition coefficient (Wildman–Crippen LogP) is 5.02. The first kappa shape index (κ1) is 15.6. The van der Waals surface area contributed by atoms with Crippen LogP contribution >= 0.6 is 11.6 Å². The molecule has 0 saturated carbocycles. The second-order valence-electron chi connectivity index (χ2n) is 4.62. The molecule has 21 heavy (non-hydrogen) atoms. The molecule has 5 heteroatoms. The normalized spacial score (nSPS) is 10.5. The lowest BCUT2D eigenvalue weighted by atomic mass is 10.2. The van der Waals surface area contributed by atoms with Crippen LogP contribution in [0.3, 0.4) is 0 Å². The summed E-state index contributed by atoms with van der Waals surface area (Å²) in [5.74, 6) is -0.529. The fraction of sp³-hybridized carbons (Fsp3) is 0.250. The zero-order valence-corrected chi connectivity index (χ0v) is 12.4. The molecular formula is C16H16ClF2NO. The van der Waals surface area contributed by atoms with Gasteiger partial charge in [-0.15, -0.1) is 0 Å². The molecule has 0 radical (unpaired) electrons. The summed E-state index contributed by atoms with van der Waals surface area (Å²) >= 11 is 5.97. The Morgan fingerprint density at radius 3 is 2.48 bits per heavy atom. The van der Waals surface area contributed by atoms with Gasteiger partial charge in [0.1, 0.15) is 17.4 Å². The van der Waals surface area contributed by atoms with Gasteiger partial charge in [-0.3, -0.25) is 0 Å². The van der Waals surface area contributed by atoms with Crippen molar-refractivity contribution in [1.29, 1.82) is 0 Å². The van der Waals surface area contributed by atoms with Crippen molar-refractivity contribution in [1.82, 2.24) is 0 Å². The molecule has 0 spiro atoms. The van der Waals surface area contributed by atoms with Crippen molar-refractivity contribution < 1.29 is 13.5 Å². The highest BCUT2D eigenvalue weighted by Gasteiger charge is 2.06. The molecular weight excluding hydrogens is 296 g/mol. The van der Waals surface area contributed by atoms with E-state index >= 15 is 0 Å². The zero-order chi connectivity index (χ0) is 15.2. The fourth-order valence-corrected chi connectivity index (χ4v) is 2.06. The Labute approximate surface area is 127 Å². The van der Waals surface area contributed by atoms with Gasteiger partial charge in [-0.2, -0.15) is 0 Å². The van der Waals surface area contributed by atoms with Crippen LogP contribution < -0.4 is 10.1 Å². The maximum Gasteiger partial charge on any atom is 0.142 e. The zero-order valence-electron chi connectivity index (χ0n) is 11.6. The van der Waals surface area contributed by atoms with Crippen molar-refractivity contribution in [3.05, 3.63) is 58.6 Å². The number of hydrogen-bond donors (Lipinski definition) is 1. The van der Waals surface area contributed by atoms with Crippen LogP contribution in [0.2, 0.25) is 5.02 Å². The first-order valence-electron chi connectivity index (χ1n) is 6.69. The van der Waals surface area contributed by atoms with Crippen molar-refractivity contribution in [3.8, 4) is 5.75 Å². The third kappa shape index (κ3) is 4.60. The number of ether oxygens (including phenoxy) is 1. The summed E-state index contributed by atoms with van der Waals surface area (Å²) in [6.07, 6.45) is 0.886. The van der Waals surface area contributed by atoms with E-state index in [9.17, 15) is 8.78 Å². The van der Waals surface area contributed by atoms with Gasteiger partial charge < -0.3 is 10.1 Å². The Bertz CT molecular complexity index is 599. The van der Waals surface area contributed by atoms with E-state index < -0.39 is 11.6 Å². The van der Waals surface area contributed by atoms with Crippen LogP contribution in [0.5, 0.6) is 5.75 Å². The van der Waals surface area contributed by atoms with Gasteiger partial charge in [-0.05, 0) is 42.3 Å². The lowest BCUT2D eigenvalue weighted by Crippen LogP contribution is -2.04. The van der Waals surface area contributed by atoms with Crippen LogP contribution in [0.4, 0.5) is 14.5 Å². The third-order valence-corrected chi connectivity index (χ3v) is 3.04. The maximum absolute atomic E-state index is 13.2. The van der Waals surface area contributed by atoms with Crippen molar-refractivity contribution in [3.63, 3.8) is 0 Å². The smallest absolute Gasteiger partial charge is 0.142 e. The molecule has 1 N–H and O–H groups in total. The van der Waals surface area contributed by atoms with E-state index in [2.05, 4.69) is 5.32 Å². The summed E-state index contributed by atoms with van der Waals surface area (Å²) < 4.78 is 31.9. The van der Waals surface area contributed by atoms with Crippen molar-refractivity contribution >= 4 is 17.3 Å². The SMILES string of the molecule is CCCOc1ccc(Cl)cc1NCc1cc(F)cc(F)c1. The highest BCUT2D eigenvalue weighted by molar-refractivity contribution is 6.30. The molecule has 0 unspecified atom stereocenters. The van der Waals surface area contributed by atoms with E-state index in [4.69, 9.17) is 16.3 Å². The van der Waals surface area contributed by atoms with Gasteiger partial charge in [0.2, 0.25) is 0 Å². The van der Waals surface area contributed by atoms with Crippen LogP contribution in [0, 0.1) is 11.6 Å². The molecule has 2 aromatic carbocycles. The van der Waals surface area contributed by atoms with Crippen LogP contribution in [0.1, 0.15) is 18.9 Å². The summed E-state index contributed by atoms with van der Waals surface area (Å²) in [6, 6.07) is 8.65. The lowest BCUT2D eigenvalue weighted by molar-refractivity contribution is 0.319. The Morgan fingerprint density at radius 2 is 1.81 bits per heavy atom. The molecule has 0 bridgehead atoms. The summed E-state index contributed by atoms with van der Waals surface area (Å²) in [5.41, 5.74) is 1.20. The molecule has 2 nitrogen and oxygen atoms in total. The molecule has 2 rings (SSSR count). The first-order valence-corrected chi connectivity index (χ1v) is 7.07. The highest BCUT2D eigenvalue weighted by Crippen LogP contribution is 2.28. The summed E-state index contributed by atoms with van der Waals surface area (Å²) in [6.45, 7) is 2.88. The fourth-order valence-electron chi connectivity index (χ4n) is 1.89. The van der Waals surface area contributed by atoms with Crippen molar-refractivity contribution in [2.75, 3.05) is 11.9 Å². The number of anilines is 1. The Kier molecular flexibility index (Phi) is 5.39. The van der Waals surface area contributed by atoms with Gasteiger partial charge in [0, 0.05) is 17.6 Å². The van der Waals surface area contributed by atoms with Gasteiger partial charge >= 0.3 is 0 Å². The lowest BCUT2D eigenvalue weighted by Gasteiger charge is -2.13. The number of nitrogens with one attached hydrogen (secondary N) is 1. The summed E-state index contributed by atoms with van der Waals surface area (Å²) in [7, 11) is 0. The minimum absolute atomic E-state index is 0.275. The number of halogens is 3. The van der Waals surface area contributed by atoms with E-state index in [0.29, 0.717) is 28.6 Å². The van der Waals surface area contributed by atoms with Crippen molar-refractivity contribution in [2.45, 2.75) is 19.9 Å². The van der Waals surface area contributed by atoms with Gasteiger partial charge in [0.05, 0.1) is 12.3 Å². The Balaban J connectivity index is 2.12. The van der Waals surface area contributed by atoms with Gasteiger partial charge in [0.15, 0.2) is 0 Å². The molecule has 0 aliphatic carbocycles. The van der Waals surface area contributed by atoms with Crippen LogP contribution in [0.25, 0.3) is 0 Å². The van der Waals surface area contributed by atoms with E-state index in [1.54, 1.807) is 18.2 Å². The van der Waals surface area contributed by atoms with Crippen molar-refractivity contribution in [2.24, 2.45) is 0 Å². The average Bonchev–Trinajstić information content (AvgIpc) is 2.43. The van der Waals surface area contributed by atoms with Gasteiger partial charge in [0.25, 0.3) is 0 Å². The second kappa shape index (κ2) is 7.27. The first-order chi connectivity index (χ1) is 10.1. The molecule has 0 heterocycles. The average molecular weight is 312 g/mol. The van der Waals surface area contributed by atoms with E-state index in [1.165, 1.54) is 12.1 Å². The Morgan fingerprint density at radius 1 is 1.10 bits per heavy atom. The van der Waals surface area contributed by atoms with Crippen LogP contribution in [-0.2, 0) is 6.54 Å². The van der Waals surface area contributed by atoms with E-state index in [0.717, 1.165) is 12.5 Å². The molecule has 0 aliphatic heterocycles. The standard InChI is InChI=1S/C16H16ClF2NO/c1-2-5-21-16-4-3-12(17)8-15(16)20-10-11-6-13(18)9-14(19)7-11/h3-4,6-9,20H,2,5,10H2,1H3. The Hall–Kier alpha value is -1.81. The van der Waals surface area contributed by atoms with Gasteiger partial charge in [-0.1, -0.05) is 18.5 Å².